The number of aryl methyl sites for hydroxylation is 2. The molecular formula is C21H26N6. The van der Waals surface area contributed by atoms with Crippen molar-refractivity contribution in [3.63, 3.8) is 0 Å². The second-order valence-corrected chi connectivity index (χ2v) is 7.94. The molecule has 0 radical (unpaired) electrons. The van der Waals surface area contributed by atoms with E-state index in [0.717, 1.165) is 54.7 Å². The van der Waals surface area contributed by atoms with Crippen LogP contribution in [0.4, 0.5) is 17.2 Å². The Labute approximate surface area is 159 Å². The van der Waals surface area contributed by atoms with Crippen molar-refractivity contribution in [3.8, 4) is 0 Å². The average molecular weight is 362 g/mol. The van der Waals surface area contributed by atoms with Crippen LogP contribution in [0.5, 0.6) is 0 Å². The van der Waals surface area contributed by atoms with Gasteiger partial charge in [-0.3, -0.25) is 0 Å². The number of anilines is 3. The second-order valence-electron chi connectivity index (χ2n) is 7.94. The normalized spacial score (nSPS) is 22.1. The van der Waals surface area contributed by atoms with Gasteiger partial charge in [-0.25, -0.2) is 9.50 Å². The number of benzene rings is 1. The highest BCUT2D eigenvalue weighted by Gasteiger charge is 2.27. The highest BCUT2D eigenvalue weighted by atomic mass is 15.3. The molecule has 5 rings (SSSR count). The minimum absolute atomic E-state index is 0.304. The summed E-state index contributed by atoms with van der Waals surface area (Å²) >= 11 is 0. The van der Waals surface area contributed by atoms with Gasteiger partial charge in [0.2, 0.25) is 0 Å². The minimum Gasteiger partial charge on any atom is -0.382 e. The Bertz CT molecular complexity index is 984. The first kappa shape index (κ1) is 16.6. The predicted octanol–water partition coefficient (Wildman–Crippen LogP) is 3.53. The van der Waals surface area contributed by atoms with Crippen LogP contribution in [0.2, 0.25) is 0 Å². The lowest BCUT2D eigenvalue weighted by Crippen LogP contribution is -2.26. The molecule has 2 aliphatic rings. The quantitative estimate of drug-likeness (QED) is 0.663. The van der Waals surface area contributed by atoms with Crippen LogP contribution in [0.15, 0.2) is 30.6 Å². The molecule has 1 fully saturated rings. The van der Waals surface area contributed by atoms with E-state index in [9.17, 15) is 0 Å². The van der Waals surface area contributed by atoms with Crippen molar-refractivity contribution in [3.05, 3.63) is 47.3 Å². The predicted molar refractivity (Wildman–Crippen MR) is 108 cm³/mol. The first-order valence-electron chi connectivity index (χ1n) is 9.96. The Hall–Kier alpha value is -2.60. The van der Waals surface area contributed by atoms with Crippen LogP contribution in [-0.4, -0.2) is 20.6 Å². The maximum Gasteiger partial charge on any atom is 0.177 e. The molecule has 0 saturated heterocycles. The van der Waals surface area contributed by atoms with Gasteiger partial charge in [0, 0.05) is 29.7 Å². The van der Waals surface area contributed by atoms with E-state index in [1.165, 1.54) is 24.0 Å². The molecule has 2 aliphatic carbocycles. The number of fused-ring (bicyclic) bond motifs is 2. The standard InChI is InChI=1S/C21H26N6/c22-16-7-4-14(5-8-16)18-19(21-24-10-11-27(21)26-20(18)23)25-17-9-6-13-2-1-3-15(13)12-17/h6,9-12,14,16,25H,1-5,7-8,22H2,(H2,23,26)/t14-,16-. The van der Waals surface area contributed by atoms with Gasteiger partial charge in [0.1, 0.15) is 5.82 Å². The molecule has 1 saturated carbocycles. The number of hydrogen-bond acceptors (Lipinski definition) is 5. The van der Waals surface area contributed by atoms with E-state index >= 15 is 0 Å². The van der Waals surface area contributed by atoms with E-state index in [1.54, 1.807) is 10.7 Å². The van der Waals surface area contributed by atoms with E-state index in [4.69, 9.17) is 11.5 Å². The molecule has 6 nitrogen and oxygen atoms in total. The van der Waals surface area contributed by atoms with Gasteiger partial charge < -0.3 is 16.8 Å². The maximum absolute atomic E-state index is 6.43. The summed E-state index contributed by atoms with van der Waals surface area (Å²) in [5.41, 5.74) is 19.5. The molecule has 0 bridgehead atoms. The number of nitrogens with one attached hydrogen (secondary N) is 1. The van der Waals surface area contributed by atoms with Crippen molar-refractivity contribution in [2.75, 3.05) is 11.1 Å². The lowest BCUT2D eigenvalue weighted by atomic mass is 9.81. The van der Waals surface area contributed by atoms with Gasteiger partial charge in [-0.2, -0.15) is 0 Å². The van der Waals surface area contributed by atoms with E-state index in [2.05, 4.69) is 33.6 Å². The maximum atomic E-state index is 6.43. The third-order valence-electron chi connectivity index (χ3n) is 6.15. The number of nitrogens with zero attached hydrogens (tertiary/aromatic N) is 3. The zero-order valence-corrected chi connectivity index (χ0v) is 15.5. The Morgan fingerprint density at radius 2 is 1.89 bits per heavy atom. The number of hydrogen-bond donors (Lipinski definition) is 3. The van der Waals surface area contributed by atoms with Crippen molar-refractivity contribution >= 4 is 22.8 Å². The largest absolute Gasteiger partial charge is 0.382 e. The van der Waals surface area contributed by atoms with Gasteiger partial charge in [-0.15, -0.1) is 5.10 Å². The van der Waals surface area contributed by atoms with Crippen LogP contribution in [-0.2, 0) is 12.8 Å². The third-order valence-corrected chi connectivity index (χ3v) is 6.15. The summed E-state index contributed by atoms with van der Waals surface area (Å²) in [5, 5.41) is 8.20. The topological polar surface area (TPSA) is 94.3 Å². The van der Waals surface area contributed by atoms with Gasteiger partial charge in [-0.05, 0) is 74.1 Å². The van der Waals surface area contributed by atoms with Gasteiger partial charge in [-0.1, -0.05) is 6.07 Å². The number of aromatic nitrogens is 3. The number of imidazole rings is 1. The number of rotatable bonds is 3. The minimum atomic E-state index is 0.304. The zero-order valence-electron chi connectivity index (χ0n) is 15.5. The third kappa shape index (κ3) is 2.94. The Balaban J connectivity index is 1.59. The summed E-state index contributed by atoms with van der Waals surface area (Å²) in [6.07, 6.45) is 11.4. The molecule has 5 N–H and O–H groups in total. The molecule has 0 atom stereocenters. The highest BCUT2D eigenvalue weighted by Crippen LogP contribution is 2.41. The molecule has 0 amide bonds. The summed E-state index contributed by atoms with van der Waals surface area (Å²) in [6.45, 7) is 0. The molecular weight excluding hydrogens is 336 g/mol. The van der Waals surface area contributed by atoms with E-state index in [1.807, 2.05) is 6.20 Å². The molecule has 27 heavy (non-hydrogen) atoms. The molecule has 3 aromatic rings. The fourth-order valence-corrected chi connectivity index (χ4v) is 4.71. The summed E-state index contributed by atoms with van der Waals surface area (Å²) in [7, 11) is 0. The SMILES string of the molecule is Nc1nn2ccnc2c(Nc2ccc3c(c2)CCC3)c1[C@H]1CC[C@H](N)CC1. The van der Waals surface area contributed by atoms with Crippen LogP contribution in [0.1, 0.15) is 54.7 Å². The van der Waals surface area contributed by atoms with Crippen LogP contribution in [0, 0.1) is 0 Å². The summed E-state index contributed by atoms with van der Waals surface area (Å²) < 4.78 is 1.77. The van der Waals surface area contributed by atoms with Gasteiger partial charge >= 0.3 is 0 Å². The molecule has 0 unspecified atom stereocenters. The molecule has 2 aromatic heterocycles. The monoisotopic (exact) mass is 362 g/mol. The van der Waals surface area contributed by atoms with Crippen molar-refractivity contribution in [2.45, 2.75) is 56.9 Å². The van der Waals surface area contributed by atoms with Crippen molar-refractivity contribution in [2.24, 2.45) is 5.73 Å². The van der Waals surface area contributed by atoms with Crippen LogP contribution in [0.25, 0.3) is 5.65 Å². The average Bonchev–Trinajstić information content (AvgIpc) is 3.31. The molecule has 0 aliphatic heterocycles. The molecule has 1 aromatic carbocycles. The molecule has 0 spiro atoms. The van der Waals surface area contributed by atoms with Crippen LogP contribution < -0.4 is 16.8 Å². The first-order valence-corrected chi connectivity index (χ1v) is 9.96. The van der Waals surface area contributed by atoms with Gasteiger partial charge in [0.15, 0.2) is 5.65 Å². The summed E-state index contributed by atoms with van der Waals surface area (Å²) in [5.74, 6) is 0.959. The number of nitrogen functional groups attached to an aromatic ring is 1. The van der Waals surface area contributed by atoms with Crippen molar-refractivity contribution in [1.82, 2.24) is 14.6 Å². The van der Waals surface area contributed by atoms with Gasteiger partial charge in [0.05, 0.1) is 5.69 Å². The lowest BCUT2D eigenvalue weighted by Gasteiger charge is -2.28. The van der Waals surface area contributed by atoms with Gasteiger partial charge in [0.25, 0.3) is 0 Å². The van der Waals surface area contributed by atoms with Crippen molar-refractivity contribution < 1.29 is 0 Å². The Morgan fingerprint density at radius 1 is 1.07 bits per heavy atom. The van der Waals surface area contributed by atoms with Crippen molar-refractivity contribution in [1.29, 1.82) is 0 Å². The van der Waals surface area contributed by atoms with Crippen LogP contribution >= 0.6 is 0 Å². The van der Waals surface area contributed by atoms with E-state index < -0.39 is 0 Å². The summed E-state index contributed by atoms with van der Waals surface area (Å²) in [4.78, 5) is 4.56. The van der Waals surface area contributed by atoms with Crippen LogP contribution in [0.3, 0.4) is 0 Å². The lowest BCUT2D eigenvalue weighted by molar-refractivity contribution is 0.396. The number of nitrogens with two attached hydrogens (primary N) is 2. The smallest absolute Gasteiger partial charge is 0.177 e. The zero-order chi connectivity index (χ0) is 18.4. The Kier molecular flexibility index (Phi) is 4.01. The molecule has 140 valence electrons. The molecule has 2 heterocycles. The summed E-state index contributed by atoms with van der Waals surface area (Å²) in [6, 6.07) is 7.00. The fourth-order valence-electron chi connectivity index (χ4n) is 4.71. The second kappa shape index (κ2) is 6.53. The first-order chi connectivity index (χ1) is 13.2. The van der Waals surface area contributed by atoms with E-state index in [0.29, 0.717) is 17.8 Å². The molecule has 6 heteroatoms. The van der Waals surface area contributed by atoms with E-state index in [-0.39, 0.29) is 0 Å². The Morgan fingerprint density at radius 3 is 2.74 bits per heavy atom. The highest BCUT2D eigenvalue weighted by molar-refractivity contribution is 5.81. The fraction of sp³-hybridized carbons (Fsp3) is 0.429.